The van der Waals surface area contributed by atoms with Crippen molar-refractivity contribution in [2.45, 2.75) is 11.5 Å². The van der Waals surface area contributed by atoms with Gasteiger partial charge in [-0.2, -0.15) is 8.42 Å². The first-order valence-electron chi connectivity index (χ1n) is 4.13. The Labute approximate surface area is 92.4 Å². The van der Waals surface area contributed by atoms with Crippen LogP contribution < -0.4 is 0 Å². The highest BCUT2D eigenvalue weighted by Crippen LogP contribution is 2.20. The highest BCUT2D eigenvalue weighted by molar-refractivity contribution is 8.22. The molecular formula is C9H10O4S2. The van der Waals surface area contributed by atoms with Crippen LogP contribution in [0.25, 0.3) is 0 Å². The quantitative estimate of drug-likeness (QED) is 0.823. The van der Waals surface area contributed by atoms with E-state index in [4.69, 9.17) is 4.55 Å². The molecular weight excluding hydrogens is 236 g/mol. The van der Waals surface area contributed by atoms with Crippen LogP contribution in [0.2, 0.25) is 0 Å². The summed E-state index contributed by atoms with van der Waals surface area (Å²) < 4.78 is 28.9. The Balaban J connectivity index is 2.74. The van der Waals surface area contributed by atoms with Crippen molar-refractivity contribution in [3.63, 3.8) is 0 Å². The van der Waals surface area contributed by atoms with Crippen LogP contribution in [0.1, 0.15) is 17.3 Å². The van der Waals surface area contributed by atoms with Gasteiger partial charge in [0.1, 0.15) is 4.58 Å². The number of carbonyl (C=O) groups excluding carboxylic acids is 1. The van der Waals surface area contributed by atoms with E-state index >= 15 is 0 Å². The standard InChI is InChI=1S/C9H10O4S2/c1-7(15(11,12)13)14-9(10)8-5-3-2-4-6-8/h2-7H,1H3,(H,11,12,13). The zero-order valence-electron chi connectivity index (χ0n) is 7.95. The second kappa shape index (κ2) is 4.78. The Bertz CT molecular complexity index is 438. The minimum atomic E-state index is -4.16. The fraction of sp³-hybridized carbons (Fsp3) is 0.222. The predicted octanol–water partition coefficient (Wildman–Crippen LogP) is 1.79. The lowest BCUT2D eigenvalue weighted by Gasteiger charge is -2.05. The van der Waals surface area contributed by atoms with Gasteiger partial charge in [0.05, 0.1) is 0 Å². The second-order valence-corrected chi connectivity index (χ2v) is 6.20. The van der Waals surface area contributed by atoms with Crippen molar-refractivity contribution < 1.29 is 17.8 Å². The fourth-order valence-corrected chi connectivity index (χ4v) is 2.18. The Kier molecular flexibility index (Phi) is 3.90. The van der Waals surface area contributed by atoms with Crippen molar-refractivity contribution in [3.8, 4) is 0 Å². The first-order chi connectivity index (χ1) is 6.91. The minimum Gasteiger partial charge on any atom is -0.285 e. The van der Waals surface area contributed by atoms with Crippen molar-refractivity contribution in [1.29, 1.82) is 0 Å². The number of carbonyl (C=O) groups is 1. The topological polar surface area (TPSA) is 71.4 Å². The van der Waals surface area contributed by atoms with Crippen molar-refractivity contribution in [3.05, 3.63) is 35.9 Å². The molecule has 0 saturated heterocycles. The Morgan fingerprint density at radius 2 is 1.87 bits per heavy atom. The molecule has 1 aromatic rings. The summed E-state index contributed by atoms with van der Waals surface area (Å²) in [7, 11) is -4.16. The third kappa shape index (κ3) is 3.65. The molecule has 0 aliphatic carbocycles. The van der Waals surface area contributed by atoms with E-state index in [-0.39, 0.29) is 5.12 Å². The molecule has 4 nitrogen and oxygen atoms in total. The van der Waals surface area contributed by atoms with Crippen LogP contribution in [0.4, 0.5) is 0 Å². The summed E-state index contributed by atoms with van der Waals surface area (Å²) in [5, 5.41) is -0.374. The number of thioether (sulfide) groups is 1. The lowest BCUT2D eigenvalue weighted by atomic mass is 10.2. The zero-order chi connectivity index (χ0) is 11.5. The van der Waals surface area contributed by atoms with Crippen molar-refractivity contribution in [1.82, 2.24) is 0 Å². The first-order valence-corrected chi connectivity index (χ1v) is 6.52. The molecule has 0 spiro atoms. The number of rotatable bonds is 3. The van der Waals surface area contributed by atoms with E-state index in [1.54, 1.807) is 30.3 Å². The Morgan fingerprint density at radius 1 is 1.33 bits per heavy atom. The van der Waals surface area contributed by atoms with Crippen LogP contribution in [0.15, 0.2) is 30.3 Å². The highest BCUT2D eigenvalue weighted by Gasteiger charge is 2.22. The van der Waals surface area contributed by atoms with E-state index in [9.17, 15) is 13.2 Å². The van der Waals surface area contributed by atoms with Crippen LogP contribution >= 0.6 is 11.8 Å². The van der Waals surface area contributed by atoms with Crippen LogP contribution in [-0.2, 0) is 10.1 Å². The van der Waals surface area contributed by atoms with Crippen LogP contribution in [0.5, 0.6) is 0 Å². The first kappa shape index (κ1) is 12.2. The molecule has 0 heterocycles. The summed E-state index contributed by atoms with van der Waals surface area (Å²) in [4.78, 5) is 11.5. The highest BCUT2D eigenvalue weighted by atomic mass is 32.3. The Hall–Kier alpha value is -0.850. The van der Waals surface area contributed by atoms with Crippen LogP contribution in [0, 0.1) is 0 Å². The summed E-state index contributed by atoms with van der Waals surface area (Å²) in [6, 6.07) is 8.31. The zero-order valence-corrected chi connectivity index (χ0v) is 9.59. The molecule has 0 aliphatic rings. The fourth-order valence-electron chi connectivity index (χ4n) is 0.854. The molecule has 0 aliphatic heterocycles. The van der Waals surface area contributed by atoms with Crippen LogP contribution in [0.3, 0.4) is 0 Å². The van der Waals surface area contributed by atoms with Gasteiger partial charge < -0.3 is 0 Å². The number of hydrogen-bond acceptors (Lipinski definition) is 4. The van der Waals surface area contributed by atoms with Gasteiger partial charge in [-0.1, -0.05) is 42.1 Å². The summed E-state index contributed by atoms with van der Waals surface area (Å²) in [6.07, 6.45) is 0. The Morgan fingerprint density at radius 3 is 2.33 bits per heavy atom. The average Bonchev–Trinajstić information content (AvgIpc) is 2.17. The maximum absolute atomic E-state index is 11.5. The molecule has 0 radical (unpaired) electrons. The summed E-state index contributed by atoms with van der Waals surface area (Å²) in [5.41, 5.74) is 0.415. The second-order valence-electron chi connectivity index (χ2n) is 2.85. The largest absolute Gasteiger partial charge is 0.285 e. The molecule has 0 aromatic heterocycles. The number of benzene rings is 1. The predicted molar refractivity (Wildman–Crippen MR) is 59.4 cm³/mol. The molecule has 15 heavy (non-hydrogen) atoms. The molecule has 1 aromatic carbocycles. The lowest BCUT2D eigenvalue weighted by Crippen LogP contribution is -2.14. The molecule has 1 atom stereocenters. The molecule has 0 bridgehead atoms. The summed E-state index contributed by atoms with van der Waals surface area (Å²) in [5.74, 6) is 0. The third-order valence-corrected chi connectivity index (χ3v) is 4.34. The average molecular weight is 246 g/mol. The molecule has 0 fully saturated rings. The SMILES string of the molecule is CC(SC(=O)c1ccccc1)S(=O)(=O)O. The van der Waals surface area contributed by atoms with E-state index in [2.05, 4.69) is 0 Å². The molecule has 82 valence electrons. The molecule has 0 saturated carbocycles. The molecule has 1 rings (SSSR count). The van der Waals surface area contributed by atoms with Gasteiger partial charge in [-0.3, -0.25) is 9.35 Å². The van der Waals surface area contributed by atoms with E-state index in [0.29, 0.717) is 17.3 Å². The van der Waals surface area contributed by atoms with Crippen LogP contribution in [-0.4, -0.2) is 22.7 Å². The van der Waals surface area contributed by atoms with Gasteiger partial charge in [-0.15, -0.1) is 0 Å². The van der Waals surface area contributed by atoms with E-state index < -0.39 is 14.7 Å². The maximum atomic E-state index is 11.5. The van der Waals surface area contributed by atoms with Gasteiger partial charge in [-0.05, 0) is 6.92 Å². The number of hydrogen-bond donors (Lipinski definition) is 1. The smallest absolute Gasteiger partial charge is 0.277 e. The van der Waals surface area contributed by atoms with Gasteiger partial charge in [-0.25, -0.2) is 0 Å². The van der Waals surface area contributed by atoms with E-state index in [1.807, 2.05) is 0 Å². The molecule has 0 amide bonds. The molecule has 6 heteroatoms. The molecule has 1 unspecified atom stereocenters. The van der Waals surface area contributed by atoms with E-state index in [1.165, 1.54) is 6.92 Å². The van der Waals surface area contributed by atoms with Gasteiger partial charge in [0.2, 0.25) is 5.12 Å². The van der Waals surface area contributed by atoms with Crippen molar-refractivity contribution >= 4 is 27.0 Å². The van der Waals surface area contributed by atoms with Crippen molar-refractivity contribution in [2.24, 2.45) is 0 Å². The maximum Gasteiger partial charge on any atom is 0.277 e. The van der Waals surface area contributed by atoms with Crippen molar-refractivity contribution in [2.75, 3.05) is 0 Å². The summed E-state index contributed by atoms with van der Waals surface area (Å²) >= 11 is 0.583. The van der Waals surface area contributed by atoms with E-state index in [0.717, 1.165) is 0 Å². The van der Waals surface area contributed by atoms with Gasteiger partial charge >= 0.3 is 0 Å². The monoisotopic (exact) mass is 246 g/mol. The molecule has 1 N–H and O–H groups in total. The van der Waals surface area contributed by atoms with Gasteiger partial charge in [0, 0.05) is 5.56 Å². The third-order valence-electron chi connectivity index (χ3n) is 1.70. The van der Waals surface area contributed by atoms with Gasteiger partial charge in [0.15, 0.2) is 0 Å². The normalized spacial score (nSPS) is 13.5. The lowest BCUT2D eigenvalue weighted by molar-refractivity contribution is 0.108. The summed E-state index contributed by atoms with van der Waals surface area (Å²) in [6.45, 7) is 1.26. The minimum absolute atomic E-state index is 0.374. The van der Waals surface area contributed by atoms with Gasteiger partial charge in [0.25, 0.3) is 10.1 Å².